The Hall–Kier alpha value is -1.57. The Labute approximate surface area is 119 Å². The van der Waals surface area contributed by atoms with Gasteiger partial charge < -0.3 is 5.32 Å². The summed E-state index contributed by atoms with van der Waals surface area (Å²) in [5, 5.41) is 4.24. The molecule has 0 aliphatic heterocycles. The maximum absolute atomic E-state index is 5.89. The van der Waals surface area contributed by atoms with Gasteiger partial charge in [0.2, 0.25) is 0 Å². The Morgan fingerprint density at radius 2 is 1.74 bits per heavy atom. The van der Waals surface area contributed by atoms with Crippen molar-refractivity contribution in [2.75, 3.05) is 6.54 Å². The largest absolute Gasteiger partial charge is 0.306 e. The first-order valence-electron chi connectivity index (χ1n) is 6.39. The summed E-state index contributed by atoms with van der Waals surface area (Å²) < 4.78 is 0. The maximum Gasteiger partial charge on any atom is 0.0406 e. The van der Waals surface area contributed by atoms with Crippen LogP contribution in [0.1, 0.15) is 24.1 Å². The molecule has 98 valence electrons. The third-order valence-corrected chi connectivity index (χ3v) is 3.43. The van der Waals surface area contributed by atoms with Crippen LogP contribution in [0.4, 0.5) is 0 Å². The molecule has 0 fully saturated rings. The molecule has 0 spiro atoms. The highest BCUT2D eigenvalue weighted by molar-refractivity contribution is 6.30. The lowest BCUT2D eigenvalue weighted by Gasteiger charge is -2.15. The van der Waals surface area contributed by atoms with Crippen molar-refractivity contribution in [2.24, 2.45) is 0 Å². The molecule has 0 bridgehead atoms. The zero-order valence-electron chi connectivity index (χ0n) is 11.1. The molecular weight excluding hydrogens is 254 g/mol. The van der Waals surface area contributed by atoms with Crippen molar-refractivity contribution in [1.82, 2.24) is 5.32 Å². The van der Waals surface area contributed by atoms with Crippen LogP contribution in [-0.2, 0) is 0 Å². The van der Waals surface area contributed by atoms with Gasteiger partial charge in [0.1, 0.15) is 0 Å². The average molecular weight is 272 g/mol. The van der Waals surface area contributed by atoms with Gasteiger partial charge in [0.25, 0.3) is 0 Å². The van der Waals surface area contributed by atoms with Crippen LogP contribution in [-0.4, -0.2) is 6.54 Å². The second-order valence-electron chi connectivity index (χ2n) is 4.62. The number of nitrogens with one attached hydrogen (secondary N) is 1. The molecule has 0 aromatic heterocycles. The molecule has 0 radical (unpaired) electrons. The van der Waals surface area contributed by atoms with E-state index in [0.29, 0.717) is 0 Å². The van der Waals surface area contributed by atoms with Crippen molar-refractivity contribution in [3.63, 3.8) is 0 Å². The van der Waals surface area contributed by atoms with Crippen LogP contribution < -0.4 is 5.32 Å². The topological polar surface area (TPSA) is 12.0 Å². The van der Waals surface area contributed by atoms with Crippen LogP contribution in [0, 0.1) is 0 Å². The predicted molar refractivity (Wildman–Crippen MR) is 83.3 cm³/mol. The lowest BCUT2D eigenvalue weighted by Crippen LogP contribution is -2.20. The number of rotatable bonds is 5. The van der Waals surface area contributed by atoms with E-state index in [1.807, 2.05) is 42.5 Å². The summed E-state index contributed by atoms with van der Waals surface area (Å²) in [4.78, 5) is 0. The fourth-order valence-corrected chi connectivity index (χ4v) is 2.05. The van der Waals surface area contributed by atoms with Crippen molar-refractivity contribution < 1.29 is 0 Å². The van der Waals surface area contributed by atoms with Crippen molar-refractivity contribution in [2.45, 2.75) is 13.0 Å². The van der Waals surface area contributed by atoms with Gasteiger partial charge in [-0.05, 0) is 35.8 Å². The zero-order chi connectivity index (χ0) is 13.7. The molecule has 2 aromatic carbocycles. The third kappa shape index (κ3) is 3.95. The Bertz CT molecular complexity index is 531. The summed E-state index contributed by atoms with van der Waals surface area (Å²) in [7, 11) is 0. The number of hydrogen-bond donors (Lipinski definition) is 1. The summed E-state index contributed by atoms with van der Waals surface area (Å²) in [6.07, 6.45) is 0. The third-order valence-electron chi connectivity index (χ3n) is 3.17. The highest BCUT2D eigenvalue weighted by Gasteiger charge is 2.05. The van der Waals surface area contributed by atoms with Gasteiger partial charge >= 0.3 is 0 Å². The van der Waals surface area contributed by atoms with E-state index in [4.69, 9.17) is 11.6 Å². The van der Waals surface area contributed by atoms with Crippen LogP contribution in [0.25, 0.3) is 5.57 Å². The van der Waals surface area contributed by atoms with Crippen LogP contribution >= 0.6 is 11.6 Å². The molecule has 1 atom stereocenters. The Balaban J connectivity index is 1.92. The summed E-state index contributed by atoms with van der Waals surface area (Å²) in [5.41, 5.74) is 3.50. The highest BCUT2D eigenvalue weighted by atomic mass is 35.5. The summed E-state index contributed by atoms with van der Waals surface area (Å²) in [6, 6.07) is 18.4. The molecule has 1 N–H and O–H groups in total. The van der Waals surface area contributed by atoms with E-state index in [1.165, 1.54) is 11.1 Å². The molecule has 1 nitrogen and oxygen atoms in total. The van der Waals surface area contributed by atoms with Gasteiger partial charge in [-0.2, -0.15) is 0 Å². The standard InChI is InChI=1S/C17H18ClN/c1-13(15-6-4-3-5-7-15)12-19-14(2)16-8-10-17(18)11-9-16/h3-11,14,19H,1,12H2,2H3. The second kappa shape index (κ2) is 6.55. The van der Waals surface area contributed by atoms with Gasteiger partial charge in [0.15, 0.2) is 0 Å². The fourth-order valence-electron chi connectivity index (χ4n) is 1.92. The molecular formula is C17H18ClN. The molecule has 2 aromatic rings. The molecule has 19 heavy (non-hydrogen) atoms. The van der Waals surface area contributed by atoms with Crippen LogP contribution in [0.2, 0.25) is 5.02 Å². The van der Waals surface area contributed by atoms with E-state index < -0.39 is 0 Å². The molecule has 1 unspecified atom stereocenters. The number of benzene rings is 2. The zero-order valence-corrected chi connectivity index (χ0v) is 11.8. The monoisotopic (exact) mass is 271 g/mol. The summed E-state index contributed by atoms with van der Waals surface area (Å²) in [6.45, 7) is 7.03. The van der Waals surface area contributed by atoms with E-state index in [-0.39, 0.29) is 6.04 Å². The first-order chi connectivity index (χ1) is 9.16. The molecule has 0 saturated heterocycles. The Morgan fingerprint density at radius 1 is 1.11 bits per heavy atom. The van der Waals surface area contributed by atoms with E-state index in [9.17, 15) is 0 Å². The van der Waals surface area contributed by atoms with Crippen molar-refractivity contribution in [3.05, 3.63) is 77.3 Å². The molecule has 2 heteroatoms. The van der Waals surface area contributed by atoms with Crippen molar-refractivity contribution >= 4 is 17.2 Å². The average Bonchev–Trinajstić information content (AvgIpc) is 2.46. The normalized spacial score (nSPS) is 12.1. The minimum absolute atomic E-state index is 0.276. The van der Waals surface area contributed by atoms with E-state index in [1.54, 1.807) is 0 Å². The molecule has 0 saturated carbocycles. The van der Waals surface area contributed by atoms with Crippen molar-refractivity contribution in [3.8, 4) is 0 Å². The van der Waals surface area contributed by atoms with Gasteiger partial charge in [-0.1, -0.05) is 60.6 Å². The number of halogens is 1. The predicted octanol–water partition coefficient (Wildman–Crippen LogP) is 4.70. The minimum atomic E-state index is 0.276. The fraction of sp³-hybridized carbons (Fsp3) is 0.176. The highest BCUT2D eigenvalue weighted by Crippen LogP contribution is 2.17. The van der Waals surface area contributed by atoms with Crippen LogP contribution in [0.15, 0.2) is 61.2 Å². The summed E-state index contributed by atoms with van der Waals surface area (Å²) >= 11 is 5.89. The lowest BCUT2D eigenvalue weighted by atomic mass is 10.1. The quantitative estimate of drug-likeness (QED) is 0.831. The lowest BCUT2D eigenvalue weighted by molar-refractivity contribution is 0.622. The molecule has 0 amide bonds. The van der Waals surface area contributed by atoms with Gasteiger partial charge in [-0.25, -0.2) is 0 Å². The Morgan fingerprint density at radius 3 is 2.37 bits per heavy atom. The van der Waals surface area contributed by atoms with Gasteiger partial charge in [-0.3, -0.25) is 0 Å². The van der Waals surface area contributed by atoms with Crippen molar-refractivity contribution in [1.29, 1.82) is 0 Å². The first kappa shape index (κ1) is 13.9. The molecule has 0 heterocycles. The smallest absolute Gasteiger partial charge is 0.0406 e. The van der Waals surface area contributed by atoms with Gasteiger partial charge in [0.05, 0.1) is 0 Å². The van der Waals surface area contributed by atoms with E-state index >= 15 is 0 Å². The molecule has 2 rings (SSSR count). The Kier molecular flexibility index (Phi) is 4.78. The second-order valence-corrected chi connectivity index (χ2v) is 5.06. The maximum atomic E-state index is 5.89. The SMILES string of the molecule is C=C(CNC(C)c1ccc(Cl)cc1)c1ccccc1. The van der Waals surface area contributed by atoms with E-state index in [2.05, 4.69) is 31.0 Å². The van der Waals surface area contributed by atoms with Crippen LogP contribution in [0.3, 0.4) is 0 Å². The molecule has 0 aliphatic rings. The van der Waals surface area contributed by atoms with E-state index in [0.717, 1.165) is 17.1 Å². The minimum Gasteiger partial charge on any atom is -0.306 e. The summed E-state index contributed by atoms with van der Waals surface area (Å²) in [5.74, 6) is 0. The van der Waals surface area contributed by atoms with Gasteiger partial charge in [0, 0.05) is 17.6 Å². The molecule has 0 aliphatic carbocycles. The first-order valence-corrected chi connectivity index (χ1v) is 6.76. The van der Waals surface area contributed by atoms with Crippen LogP contribution in [0.5, 0.6) is 0 Å². The number of hydrogen-bond acceptors (Lipinski definition) is 1. The van der Waals surface area contributed by atoms with Gasteiger partial charge in [-0.15, -0.1) is 0 Å².